The Hall–Kier alpha value is -4.00. The number of sulfone groups is 1. The molecule has 45 heavy (non-hydrogen) atoms. The molecule has 1 saturated heterocycles. The molecule has 0 bridgehead atoms. The largest absolute Gasteiger partial charge is 0.373 e. The standard InChI is InChI=1S/C33H34FN5O5S/c1-19-15-39(16-20(2)44-19)32-5-3-4-27(38-32)28-9-8-22-13-35-24(12-29(22)37-28)14-36-33(40)23-10-25(21-6-7-21)26-17-43-18-31(34)45(41,42)30(26)11-23/h3-5,8-13,19-21,31H,6-7,14-18H2,1-2H3,(H,36,40)/t19-,20+,31-/m1/s1. The van der Waals surface area contributed by atoms with E-state index in [1.54, 1.807) is 12.3 Å². The lowest BCUT2D eigenvalue weighted by Gasteiger charge is -2.36. The summed E-state index contributed by atoms with van der Waals surface area (Å²) in [5.74, 6) is 0.548. The number of ether oxygens (including phenoxy) is 2. The van der Waals surface area contributed by atoms with Gasteiger partial charge >= 0.3 is 0 Å². The van der Waals surface area contributed by atoms with Gasteiger partial charge in [-0.3, -0.25) is 9.78 Å². The Bertz CT molecular complexity index is 1890. The lowest BCUT2D eigenvalue weighted by Crippen LogP contribution is -2.45. The quantitative estimate of drug-likeness (QED) is 0.322. The molecular formula is C33H34FN5O5S. The van der Waals surface area contributed by atoms with E-state index in [1.165, 1.54) is 6.07 Å². The number of fused-ring (bicyclic) bond motifs is 2. The van der Waals surface area contributed by atoms with Crippen molar-refractivity contribution in [3.63, 3.8) is 0 Å². The smallest absolute Gasteiger partial charge is 0.251 e. The number of rotatable bonds is 6. The summed E-state index contributed by atoms with van der Waals surface area (Å²) in [5.41, 5.74) is 1.95. The van der Waals surface area contributed by atoms with Crippen molar-refractivity contribution in [3.8, 4) is 11.4 Å². The molecule has 3 aliphatic rings. The van der Waals surface area contributed by atoms with Gasteiger partial charge in [0.05, 0.1) is 59.5 Å². The summed E-state index contributed by atoms with van der Waals surface area (Å²) in [7, 11) is -4.28. The van der Waals surface area contributed by atoms with Gasteiger partial charge in [0.2, 0.25) is 15.3 Å². The number of nitrogens with zero attached hydrogens (tertiary/aromatic N) is 4. The highest BCUT2D eigenvalue weighted by atomic mass is 32.2. The molecule has 1 saturated carbocycles. The van der Waals surface area contributed by atoms with Crippen molar-refractivity contribution in [2.24, 2.45) is 0 Å². The predicted octanol–water partition coefficient (Wildman–Crippen LogP) is 4.71. The van der Waals surface area contributed by atoms with E-state index in [2.05, 4.69) is 29.0 Å². The van der Waals surface area contributed by atoms with Gasteiger partial charge in [0.25, 0.3) is 5.91 Å². The maximum atomic E-state index is 14.5. The van der Waals surface area contributed by atoms with Gasteiger partial charge in [-0.15, -0.1) is 0 Å². The van der Waals surface area contributed by atoms with Crippen molar-refractivity contribution in [2.45, 2.75) is 68.4 Å². The highest BCUT2D eigenvalue weighted by Crippen LogP contribution is 2.45. The lowest BCUT2D eigenvalue weighted by molar-refractivity contribution is -0.00545. The first-order valence-electron chi connectivity index (χ1n) is 15.2. The Kier molecular flexibility index (Phi) is 7.74. The third-order valence-corrected chi connectivity index (χ3v) is 10.2. The Labute approximate surface area is 260 Å². The molecule has 0 unspecified atom stereocenters. The monoisotopic (exact) mass is 631 g/mol. The zero-order chi connectivity index (χ0) is 31.3. The number of carbonyl (C=O) groups excluding carboxylic acids is 1. The topological polar surface area (TPSA) is 124 Å². The van der Waals surface area contributed by atoms with Crippen LogP contribution in [0, 0.1) is 0 Å². The van der Waals surface area contributed by atoms with E-state index in [1.807, 2.05) is 36.4 Å². The van der Waals surface area contributed by atoms with Gasteiger partial charge in [-0.05, 0) is 86.2 Å². The molecule has 5 heterocycles. The first-order valence-corrected chi connectivity index (χ1v) is 16.7. The van der Waals surface area contributed by atoms with Crippen LogP contribution in [0.5, 0.6) is 0 Å². The second kappa shape index (κ2) is 11.7. The van der Waals surface area contributed by atoms with Gasteiger partial charge in [0, 0.05) is 30.2 Å². The molecule has 1 aliphatic carbocycles. The molecule has 1 N–H and O–H groups in total. The van der Waals surface area contributed by atoms with Crippen LogP contribution in [0.25, 0.3) is 22.3 Å². The highest BCUT2D eigenvalue weighted by molar-refractivity contribution is 7.92. The molecule has 3 aromatic heterocycles. The number of halogens is 1. The van der Waals surface area contributed by atoms with Gasteiger partial charge in [-0.25, -0.2) is 22.8 Å². The van der Waals surface area contributed by atoms with Gasteiger partial charge < -0.3 is 19.7 Å². The maximum Gasteiger partial charge on any atom is 0.251 e. The Balaban J connectivity index is 1.11. The lowest BCUT2D eigenvalue weighted by atomic mass is 10.00. The number of benzene rings is 1. The third-order valence-electron chi connectivity index (χ3n) is 8.46. The summed E-state index contributed by atoms with van der Waals surface area (Å²) in [6.45, 7) is 5.22. The summed E-state index contributed by atoms with van der Waals surface area (Å²) >= 11 is 0. The van der Waals surface area contributed by atoms with E-state index < -0.39 is 27.9 Å². The normalized spacial score (nSPS) is 22.9. The molecule has 7 rings (SSSR count). The molecule has 1 aromatic carbocycles. The third kappa shape index (κ3) is 6.01. The number of anilines is 1. The number of carbonyl (C=O) groups is 1. The number of nitrogens with one attached hydrogen (secondary N) is 1. The maximum absolute atomic E-state index is 14.5. The van der Waals surface area contributed by atoms with E-state index in [0.717, 1.165) is 48.4 Å². The van der Waals surface area contributed by atoms with Crippen LogP contribution in [0.4, 0.5) is 10.2 Å². The van der Waals surface area contributed by atoms with Crippen molar-refractivity contribution in [1.82, 2.24) is 20.3 Å². The number of aromatic nitrogens is 3. The molecule has 12 heteroatoms. The SMILES string of the molecule is C[C@@H]1CN(c2cccc(-c3ccc4cnc(CNC(=O)c5cc(C6CC6)c6c(c5)S(=O)(=O)[C@@H](F)COC6)cc4n3)n2)C[C@H](C)O1. The number of morpholine rings is 1. The van der Waals surface area contributed by atoms with Crippen LogP contribution >= 0.6 is 0 Å². The molecule has 234 valence electrons. The van der Waals surface area contributed by atoms with Gasteiger partial charge in [-0.1, -0.05) is 6.07 Å². The Morgan fingerprint density at radius 1 is 1.04 bits per heavy atom. The van der Waals surface area contributed by atoms with Crippen molar-refractivity contribution in [3.05, 3.63) is 77.1 Å². The van der Waals surface area contributed by atoms with E-state index in [0.29, 0.717) is 22.5 Å². The van der Waals surface area contributed by atoms with E-state index in [9.17, 15) is 17.6 Å². The minimum absolute atomic E-state index is 0.00412. The molecule has 10 nitrogen and oxygen atoms in total. The van der Waals surface area contributed by atoms with Gasteiger partial charge in [-0.2, -0.15) is 0 Å². The van der Waals surface area contributed by atoms with Crippen molar-refractivity contribution < 1.29 is 27.1 Å². The molecular weight excluding hydrogens is 597 g/mol. The zero-order valence-electron chi connectivity index (χ0n) is 25.1. The Morgan fingerprint density at radius 3 is 2.60 bits per heavy atom. The average Bonchev–Trinajstić information content (AvgIpc) is 3.89. The molecule has 0 spiro atoms. The van der Waals surface area contributed by atoms with E-state index in [4.69, 9.17) is 19.4 Å². The van der Waals surface area contributed by atoms with Crippen LogP contribution in [-0.4, -0.2) is 66.7 Å². The number of hydrogen-bond donors (Lipinski definition) is 1. The predicted molar refractivity (Wildman–Crippen MR) is 166 cm³/mol. The minimum atomic E-state index is -4.28. The van der Waals surface area contributed by atoms with Crippen LogP contribution in [0.15, 0.2) is 59.6 Å². The number of hydrogen-bond acceptors (Lipinski definition) is 9. The molecule has 1 amide bonds. The Morgan fingerprint density at radius 2 is 1.82 bits per heavy atom. The molecule has 0 radical (unpaired) electrons. The zero-order valence-corrected chi connectivity index (χ0v) is 25.9. The van der Waals surface area contributed by atoms with Crippen molar-refractivity contribution in [1.29, 1.82) is 0 Å². The second-order valence-electron chi connectivity index (χ2n) is 12.1. The molecule has 2 fully saturated rings. The fraction of sp³-hybridized carbons (Fsp3) is 0.394. The summed E-state index contributed by atoms with van der Waals surface area (Å²) < 4.78 is 51.6. The van der Waals surface area contributed by atoms with Crippen LogP contribution in [0.2, 0.25) is 0 Å². The van der Waals surface area contributed by atoms with Crippen LogP contribution in [-0.2, 0) is 32.5 Å². The molecule has 4 aromatic rings. The fourth-order valence-corrected chi connectivity index (χ4v) is 7.49. The van der Waals surface area contributed by atoms with Crippen molar-refractivity contribution >= 4 is 32.5 Å². The summed E-state index contributed by atoms with van der Waals surface area (Å²) in [5, 5.41) is 3.69. The fourth-order valence-electron chi connectivity index (χ4n) is 6.12. The second-order valence-corrected chi connectivity index (χ2v) is 14.1. The minimum Gasteiger partial charge on any atom is -0.373 e. The number of amides is 1. The van der Waals surface area contributed by atoms with Crippen LogP contribution < -0.4 is 10.2 Å². The first kappa shape index (κ1) is 29.7. The van der Waals surface area contributed by atoms with Crippen LogP contribution in [0.1, 0.15) is 59.8 Å². The average molecular weight is 632 g/mol. The van der Waals surface area contributed by atoms with Gasteiger partial charge in [0.1, 0.15) is 5.82 Å². The van der Waals surface area contributed by atoms with Crippen molar-refractivity contribution in [2.75, 3.05) is 24.6 Å². The van der Waals surface area contributed by atoms with E-state index in [-0.39, 0.29) is 41.7 Å². The molecule has 2 aliphatic heterocycles. The van der Waals surface area contributed by atoms with E-state index >= 15 is 0 Å². The first-order chi connectivity index (χ1) is 21.7. The summed E-state index contributed by atoms with van der Waals surface area (Å²) in [6.07, 6.45) is 3.71. The number of alkyl halides is 1. The summed E-state index contributed by atoms with van der Waals surface area (Å²) in [4.78, 5) is 29.6. The highest BCUT2D eigenvalue weighted by Gasteiger charge is 2.37. The summed E-state index contributed by atoms with van der Waals surface area (Å²) in [6, 6.07) is 14.6. The molecule has 3 atom stereocenters. The van der Waals surface area contributed by atoms with Crippen LogP contribution in [0.3, 0.4) is 0 Å². The van der Waals surface area contributed by atoms with Gasteiger partial charge in [0.15, 0.2) is 0 Å². The number of pyridine rings is 3.